The van der Waals surface area contributed by atoms with Crippen molar-refractivity contribution in [3.63, 3.8) is 0 Å². The summed E-state index contributed by atoms with van der Waals surface area (Å²) in [6, 6.07) is 26.3. The van der Waals surface area contributed by atoms with E-state index in [1.807, 2.05) is 60.7 Å². The molecule has 0 aromatic heterocycles. The van der Waals surface area contributed by atoms with Gasteiger partial charge in [-0.2, -0.15) is 5.26 Å². The van der Waals surface area contributed by atoms with Crippen LogP contribution in [0.25, 0.3) is 0 Å². The molecule has 0 aliphatic heterocycles. The van der Waals surface area contributed by atoms with Crippen molar-refractivity contribution in [3.8, 4) is 11.8 Å². The molecule has 152 valence electrons. The summed E-state index contributed by atoms with van der Waals surface area (Å²) in [5.74, 6) is 0.586. The molecule has 0 saturated carbocycles. The summed E-state index contributed by atoms with van der Waals surface area (Å²) in [6.07, 6.45) is 0.924. The van der Waals surface area contributed by atoms with Crippen LogP contribution in [0.2, 0.25) is 0 Å². The number of likely N-dealkylation sites (N-methyl/N-ethyl adjacent to an activating group) is 1. The van der Waals surface area contributed by atoms with Gasteiger partial charge in [0, 0.05) is 12.6 Å². The fourth-order valence-corrected chi connectivity index (χ4v) is 4.27. The molecular weight excluding hydrogens is 372 g/mol. The van der Waals surface area contributed by atoms with E-state index in [9.17, 15) is 10.4 Å². The predicted molar refractivity (Wildman–Crippen MR) is 117 cm³/mol. The highest BCUT2D eigenvalue weighted by molar-refractivity contribution is 5.54. The number of nitriles is 1. The molecule has 4 nitrogen and oxygen atoms in total. The maximum absolute atomic E-state index is 11.1. The van der Waals surface area contributed by atoms with Gasteiger partial charge < -0.3 is 9.84 Å². The van der Waals surface area contributed by atoms with Gasteiger partial charge in [-0.3, -0.25) is 4.90 Å². The van der Waals surface area contributed by atoms with E-state index in [-0.39, 0.29) is 6.04 Å². The molecule has 3 aromatic rings. The van der Waals surface area contributed by atoms with Gasteiger partial charge in [-0.25, -0.2) is 0 Å². The first-order chi connectivity index (χ1) is 14.7. The third-order valence-electron chi connectivity index (χ3n) is 5.87. The van der Waals surface area contributed by atoms with Crippen LogP contribution in [-0.4, -0.2) is 23.1 Å². The topological polar surface area (TPSA) is 56.5 Å². The van der Waals surface area contributed by atoms with Crippen molar-refractivity contribution in [2.24, 2.45) is 0 Å². The SMILES string of the molecule is CN(Cc1ccccc1)[C@@H]1CCc2c(ccc(OCc3ccccc3)c2C#N)[C@H]1O. The van der Waals surface area contributed by atoms with E-state index >= 15 is 0 Å². The number of hydrogen-bond donors (Lipinski definition) is 1. The van der Waals surface area contributed by atoms with Crippen LogP contribution in [-0.2, 0) is 19.6 Å². The normalized spacial score (nSPS) is 17.9. The highest BCUT2D eigenvalue weighted by atomic mass is 16.5. The fourth-order valence-electron chi connectivity index (χ4n) is 4.27. The first-order valence-corrected chi connectivity index (χ1v) is 10.3. The van der Waals surface area contributed by atoms with Gasteiger partial charge in [0.1, 0.15) is 18.4 Å². The maximum Gasteiger partial charge on any atom is 0.137 e. The second-order valence-corrected chi connectivity index (χ2v) is 7.84. The highest BCUT2D eigenvalue weighted by Gasteiger charge is 2.33. The molecule has 30 heavy (non-hydrogen) atoms. The van der Waals surface area contributed by atoms with Gasteiger partial charge in [-0.1, -0.05) is 66.7 Å². The molecule has 0 unspecified atom stereocenters. The quantitative estimate of drug-likeness (QED) is 0.658. The average molecular weight is 399 g/mol. The molecule has 3 aromatic carbocycles. The number of nitrogens with zero attached hydrogens (tertiary/aromatic N) is 2. The van der Waals surface area contributed by atoms with E-state index in [0.29, 0.717) is 17.9 Å². The zero-order valence-electron chi connectivity index (χ0n) is 17.2. The van der Waals surface area contributed by atoms with Crippen LogP contribution in [0.1, 0.15) is 40.3 Å². The van der Waals surface area contributed by atoms with Crippen LogP contribution >= 0.6 is 0 Å². The van der Waals surface area contributed by atoms with Crippen LogP contribution in [0.4, 0.5) is 0 Å². The average Bonchev–Trinajstić information content (AvgIpc) is 2.78. The number of aliphatic hydroxyl groups excluding tert-OH is 1. The maximum atomic E-state index is 11.1. The van der Waals surface area contributed by atoms with Crippen LogP contribution in [0.5, 0.6) is 5.75 Å². The van der Waals surface area contributed by atoms with Crippen LogP contribution in [0, 0.1) is 11.3 Å². The highest BCUT2D eigenvalue weighted by Crippen LogP contribution is 2.38. The molecule has 4 heteroatoms. The molecule has 0 bridgehead atoms. The molecule has 1 aliphatic carbocycles. The number of benzene rings is 3. The molecule has 0 heterocycles. The van der Waals surface area contributed by atoms with Gasteiger partial charge in [0.25, 0.3) is 0 Å². The minimum absolute atomic E-state index is 0.0142. The van der Waals surface area contributed by atoms with Crippen molar-refractivity contribution >= 4 is 0 Å². The lowest BCUT2D eigenvalue weighted by Crippen LogP contribution is -2.39. The summed E-state index contributed by atoms with van der Waals surface area (Å²) < 4.78 is 5.95. The zero-order valence-corrected chi connectivity index (χ0v) is 17.2. The Labute approximate surface area is 178 Å². The van der Waals surface area contributed by atoms with Crippen molar-refractivity contribution in [2.75, 3.05) is 7.05 Å². The number of hydrogen-bond acceptors (Lipinski definition) is 4. The van der Waals surface area contributed by atoms with Crippen LogP contribution < -0.4 is 4.74 Å². The molecule has 4 rings (SSSR count). The molecule has 1 N–H and O–H groups in total. The van der Waals surface area contributed by atoms with E-state index in [1.54, 1.807) is 0 Å². The summed E-state index contributed by atoms with van der Waals surface area (Å²) in [6.45, 7) is 1.20. The Kier molecular flexibility index (Phi) is 6.13. The van der Waals surface area contributed by atoms with Crippen molar-refractivity contribution in [1.82, 2.24) is 4.90 Å². The lowest BCUT2D eigenvalue weighted by atomic mass is 9.82. The smallest absolute Gasteiger partial charge is 0.137 e. The molecule has 0 spiro atoms. The summed E-state index contributed by atoms with van der Waals surface area (Å²) in [7, 11) is 2.05. The summed E-state index contributed by atoms with van der Waals surface area (Å²) in [4.78, 5) is 2.20. The fraction of sp³-hybridized carbons (Fsp3) is 0.269. The van der Waals surface area contributed by atoms with Crippen molar-refractivity contribution in [3.05, 3.63) is 101 Å². The molecule has 1 aliphatic rings. The lowest BCUT2D eigenvalue weighted by Gasteiger charge is -2.37. The Morgan fingerprint density at radius 1 is 1.00 bits per heavy atom. The van der Waals surface area contributed by atoms with Crippen molar-refractivity contribution in [1.29, 1.82) is 5.26 Å². The van der Waals surface area contributed by atoms with Gasteiger partial charge >= 0.3 is 0 Å². The van der Waals surface area contributed by atoms with E-state index in [1.165, 1.54) is 5.56 Å². The van der Waals surface area contributed by atoms with Crippen molar-refractivity contribution < 1.29 is 9.84 Å². The standard InChI is InChI=1S/C26H26N2O2/c1-28(17-19-8-4-2-5-9-19)24-14-12-21-22(26(24)29)13-15-25(23(21)16-27)30-18-20-10-6-3-7-11-20/h2-11,13,15,24,26,29H,12,14,17-18H2,1H3/t24-,26-/m1/s1. The second kappa shape index (κ2) is 9.13. The zero-order chi connectivity index (χ0) is 20.9. The van der Waals surface area contributed by atoms with E-state index in [2.05, 4.69) is 30.1 Å². The monoisotopic (exact) mass is 398 g/mol. The van der Waals surface area contributed by atoms with E-state index in [0.717, 1.165) is 36.1 Å². The largest absolute Gasteiger partial charge is 0.488 e. The third kappa shape index (κ3) is 4.23. The molecular formula is C26H26N2O2. The number of aliphatic hydroxyl groups is 1. The lowest BCUT2D eigenvalue weighted by molar-refractivity contribution is 0.0461. The van der Waals surface area contributed by atoms with Gasteiger partial charge in [-0.05, 0) is 48.2 Å². The van der Waals surface area contributed by atoms with E-state index < -0.39 is 6.10 Å². The number of ether oxygens (including phenoxy) is 1. The Morgan fingerprint density at radius 3 is 2.33 bits per heavy atom. The summed E-state index contributed by atoms with van der Waals surface area (Å²) >= 11 is 0. The number of rotatable bonds is 6. The summed E-state index contributed by atoms with van der Waals surface area (Å²) in [5, 5.41) is 20.9. The predicted octanol–water partition coefficient (Wildman–Crippen LogP) is 4.62. The van der Waals surface area contributed by atoms with Crippen molar-refractivity contribution in [2.45, 2.75) is 38.1 Å². The molecule has 0 saturated heterocycles. The second-order valence-electron chi connectivity index (χ2n) is 7.84. The third-order valence-corrected chi connectivity index (χ3v) is 5.87. The van der Waals surface area contributed by atoms with Gasteiger partial charge in [-0.15, -0.1) is 0 Å². The van der Waals surface area contributed by atoms with Crippen LogP contribution in [0.3, 0.4) is 0 Å². The molecule has 0 amide bonds. The van der Waals surface area contributed by atoms with Gasteiger partial charge in [0.05, 0.1) is 11.7 Å². The van der Waals surface area contributed by atoms with Crippen LogP contribution in [0.15, 0.2) is 72.8 Å². The first-order valence-electron chi connectivity index (χ1n) is 10.3. The Morgan fingerprint density at radius 2 is 1.67 bits per heavy atom. The summed E-state index contributed by atoms with van der Waals surface area (Å²) in [5.41, 5.74) is 4.59. The Hall–Kier alpha value is -3.13. The van der Waals surface area contributed by atoms with Gasteiger partial charge in [0.2, 0.25) is 0 Å². The number of fused-ring (bicyclic) bond motifs is 1. The molecule has 0 radical (unpaired) electrons. The minimum Gasteiger partial charge on any atom is -0.488 e. The first kappa shape index (κ1) is 20.2. The molecule has 2 atom stereocenters. The minimum atomic E-state index is -0.627. The van der Waals surface area contributed by atoms with Gasteiger partial charge in [0.15, 0.2) is 0 Å². The Balaban J connectivity index is 1.52. The Bertz CT molecular complexity index is 1030. The van der Waals surface area contributed by atoms with E-state index in [4.69, 9.17) is 4.74 Å². The molecule has 0 fully saturated rings.